The van der Waals surface area contributed by atoms with Crippen molar-refractivity contribution in [2.45, 2.75) is 19.8 Å². The molecule has 1 aliphatic rings. The predicted molar refractivity (Wildman–Crippen MR) is 118 cm³/mol. The number of nitrogens with zero attached hydrogens (tertiary/aromatic N) is 2. The van der Waals surface area contributed by atoms with Crippen LogP contribution in [-0.2, 0) is 9.53 Å². The maximum Gasteiger partial charge on any atom is 0.338 e. The van der Waals surface area contributed by atoms with Gasteiger partial charge in [-0.25, -0.2) is 9.79 Å². The number of benzene rings is 2. The predicted octanol–water partition coefficient (Wildman–Crippen LogP) is 4.17. The molecule has 2 aromatic carbocycles. The summed E-state index contributed by atoms with van der Waals surface area (Å²) in [5.74, 6) is -0.289. The van der Waals surface area contributed by atoms with Crippen LogP contribution in [0, 0.1) is 0 Å². The minimum Gasteiger partial charge on any atom is -0.462 e. The van der Waals surface area contributed by atoms with Crippen molar-refractivity contribution in [3.63, 3.8) is 0 Å². The van der Waals surface area contributed by atoms with E-state index in [1.165, 1.54) is 11.8 Å². The fourth-order valence-corrected chi connectivity index (χ4v) is 3.27. The van der Waals surface area contributed by atoms with Crippen LogP contribution in [0.4, 0.5) is 5.69 Å². The first-order valence-corrected chi connectivity index (χ1v) is 10.5. The van der Waals surface area contributed by atoms with Crippen molar-refractivity contribution >= 4 is 40.2 Å². The average Bonchev–Trinajstić information content (AvgIpc) is 3.23. The summed E-state index contributed by atoms with van der Waals surface area (Å²) < 4.78 is 5.17. The first-order valence-electron chi connectivity index (χ1n) is 9.53. The molecule has 7 heteroatoms. The number of hydrogen-bond acceptors (Lipinski definition) is 6. The first-order chi connectivity index (χ1) is 14.2. The summed E-state index contributed by atoms with van der Waals surface area (Å²) in [6, 6.07) is 16.6. The van der Waals surface area contributed by atoms with Crippen LogP contribution in [0.2, 0.25) is 0 Å². The van der Waals surface area contributed by atoms with Crippen LogP contribution in [0.1, 0.15) is 35.7 Å². The monoisotopic (exact) mass is 409 g/mol. The van der Waals surface area contributed by atoms with Crippen LogP contribution in [0.3, 0.4) is 0 Å². The Kier molecular flexibility index (Phi) is 7.58. The molecule has 29 heavy (non-hydrogen) atoms. The molecule has 0 unspecified atom stereocenters. The highest BCUT2D eigenvalue weighted by Crippen LogP contribution is 2.16. The SMILES string of the molecule is CCCCOC(=O)c1ccc(NC(=O)CSC2=NCC(c3ccccc3)=N2)cc1. The number of amides is 1. The Bertz CT molecular complexity index is 909. The minimum absolute atomic E-state index is 0.153. The molecule has 0 radical (unpaired) electrons. The number of rotatable bonds is 8. The second kappa shape index (κ2) is 10.6. The van der Waals surface area contributed by atoms with Crippen LogP contribution in [0.5, 0.6) is 0 Å². The molecule has 0 atom stereocenters. The zero-order valence-corrected chi connectivity index (χ0v) is 17.1. The van der Waals surface area contributed by atoms with Gasteiger partial charge >= 0.3 is 5.97 Å². The normalized spacial score (nSPS) is 12.9. The van der Waals surface area contributed by atoms with Gasteiger partial charge in [0.15, 0.2) is 5.17 Å². The Labute approximate surface area is 174 Å². The number of carbonyl (C=O) groups is 2. The Hall–Kier alpha value is -2.93. The molecule has 150 valence electrons. The quantitative estimate of drug-likeness (QED) is 0.524. The van der Waals surface area contributed by atoms with Crippen molar-refractivity contribution in [3.8, 4) is 0 Å². The summed E-state index contributed by atoms with van der Waals surface area (Å²) in [5, 5.41) is 3.43. The Morgan fingerprint density at radius 3 is 2.59 bits per heavy atom. The molecule has 0 fully saturated rings. The third-order valence-corrected chi connectivity index (χ3v) is 5.05. The lowest BCUT2D eigenvalue weighted by Crippen LogP contribution is -2.15. The van der Waals surface area contributed by atoms with Crippen molar-refractivity contribution in [1.82, 2.24) is 0 Å². The highest BCUT2D eigenvalue weighted by molar-refractivity contribution is 8.14. The van der Waals surface area contributed by atoms with E-state index in [2.05, 4.69) is 15.3 Å². The molecule has 3 rings (SSSR count). The maximum absolute atomic E-state index is 12.2. The number of aliphatic imine (C=N–C) groups is 2. The van der Waals surface area contributed by atoms with Crippen LogP contribution in [0.25, 0.3) is 0 Å². The standard InChI is InChI=1S/C22H23N3O3S/c1-2-3-13-28-21(27)17-9-11-18(12-10-17)24-20(26)15-29-22-23-14-19(25-22)16-7-5-4-6-8-16/h4-12H,2-3,13-15H2,1H3,(H,24,26). The van der Waals surface area contributed by atoms with Crippen molar-refractivity contribution in [2.24, 2.45) is 9.98 Å². The van der Waals surface area contributed by atoms with E-state index in [-0.39, 0.29) is 17.6 Å². The van der Waals surface area contributed by atoms with E-state index < -0.39 is 0 Å². The maximum atomic E-state index is 12.2. The van der Waals surface area contributed by atoms with Crippen LogP contribution >= 0.6 is 11.8 Å². The molecular weight excluding hydrogens is 386 g/mol. The van der Waals surface area contributed by atoms with Gasteiger partial charge < -0.3 is 10.1 Å². The van der Waals surface area contributed by atoms with Crippen LogP contribution < -0.4 is 5.32 Å². The van der Waals surface area contributed by atoms with Crippen LogP contribution in [0.15, 0.2) is 64.6 Å². The molecule has 1 heterocycles. The number of unbranched alkanes of at least 4 members (excludes halogenated alkanes) is 1. The first kappa shape index (κ1) is 20.8. The van der Waals surface area contributed by atoms with E-state index in [0.29, 0.717) is 29.6 Å². The lowest BCUT2D eigenvalue weighted by molar-refractivity contribution is -0.113. The highest BCUT2D eigenvalue weighted by atomic mass is 32.2. The van der Waals surface area contributed by atoms with E-state index in [9.17, 15) is 9.59 Å². The summed E-state index contributed by atoms with van der Waals surface area (Å²) >= 11 is 1.31. The average molecular weight is 410 g/mol. The van der Waals surface area contributed by atoms with Gasteiger partial charge in [0.25, 0.3) is 0 Å². The molecule has 0 saturated heterocycles. The number of anilines is 1. The molecule has 1 N–H and O–H groups in total. The molecule has 2 aromatic rings. The topological polar surface area (TPSA) is 80.1 Å². The molecule has 0 saturated carbocycles. The van der Waals surface area contributed by atoms with Crippen molar-refractivity contribution in [2.75, 3.05) is 24.2 Å². The fourth-order valence-electron chi connectivity index (χ4n) is 2.60. The van der Waals surface area contributed by atoms with Gasteiger partial charge in [0, 0.05) is 5.69 Å². The Balaban J connectivity index is 1.45. The summed E-state index contributed by atoms with van der Waals surface area (Å²) in [6.45, 7) is 2.99. The second-order valence-electron chi connectivity index (χ2n) is 6.43. The van der Waals surface area contributed by atoms with Gasteiger partial charge in [-0.1, -0.05) is 55.4 Å². The van der Waals surface area contributed by atoms with Gasteiger partial charge in [0.05, 0.1) is 30.2 Å². The van der Waals surface area contributed by atoms with E-state index in [1.807, 2.05) is 37.3 Å². The zero-order chi connectivity index (χ0) is 20.5. The number of carbonyl (C=O) groups excluding carboxylic acids is 2. The van der Waals surface area contributed by atoms with E-state index in [4.69, 9.17) is 4.74 Å². The lowest BCUT2D eigenvalue weighted by Gasteiger charge is -2.07. The number of ether oxygens (including phenoxy) is 1. The van der Waals surface area contributed by atoms with Gasteiger partial charge in [-0.2, -0.15) is 0 Å². The molecule has 1 amide bonds. The Morgan fingerprint density at radius 1 is 1.10 bits per heavy atom. The summed E-state index contributed by atoms with van der Waals surface area (Å²) in [6.07, 6.45) is 1.82. The number of hydrogen-bond donors (Lipinski definition) is 1. The molecule has 0 aromatic heterocycles. The minimum atomic E-state index is -0.349. The third-order valence-electron chi connectivity index (χ3n) is 4.17. The highest BCUT2D eigenvalue weighted by Gasteiger charge is 2.14. The number of amidine groups is 1. The smallest absolute Gasteiger partial charge is 0.338 e. The van der Waals surface area contributed by atoms with Crippen LogP contribution in [-0.4, -0.2) is 41.7 Å². The third kappa shape index (κ3) is 6.29. The second-order valence-corrected chi connectivity index (χ2v) is 7.37. The molecule has 0 aliphatic carbocycles. The molecule has 0 bridgehead atoms. The van der Waals surface area contributed by atoms with Gasteiger partial charge in [0.2, 0.25) is 5.91 Å². The fraction of sp³-hybridized carbons (Fsp3) is 0.273. The van der Waals surface area contributed by atoms with Gasteiger partial charge in [-0.15, -0.1) is 0 Å². The number of nitrogens with one attached hydrogen (secondary N) is 1. The van der Waals surface area contributed by atoms with E-state index in [0.717, 1.165) is 24.1 Å². The summed E-state index contributed by atoms with van der Waals surface area (Å²) in [4.78, 5) is 33.0. The molecule has 0 spiro atoms. The molecule has 1 aliphatic heterocycles. The van der Waals surface area contributed by atoms with Crippen molar-refractivity contribution in [3.05, 3.63) is 65.7 Å². The van der Waals surface area contributed by atoms with E-state index in [1.54, 1.807) is 24.3 Å². The largest absolute Gasteiger partial charge is 0.462 e. The zero-order valence-electron chi connectivity index (χ0n) is 16.3. The molecule has 6 nitrogen and oxygen atoms in total. The van der Waals surface area contributed by atoms with Crippen molar-refractivity contribution in [1.29, 1.82) is 0 Å². The number of thioether (sulfide) groups is 1. The van der Waals surface area contributed by atoms with Gasteiger partial charge in [0.1, 0.15) is 0 Å². The number of esters is 1. The van der Waals surface area contributed by atoms with Crippen molar-refractivity contribution < 1.29 is 14.3 Å². The summed E-state index contributed by atoms with van der Waals surface area (Å²) in [7, 11) is 0. The lowest BCUT2D eigenvalue weighted by atomic mass is 10.1. The summed E-state index contributed by atoms with van der Waals surface area (Å²) in [5.41, 5.74) is 3.05. The Morgan fingerprint density at radius 2 is 1.86 bits per heavy atom. The van der Waals surface area contributed by atoms with Gasteiger partial charge in [-0.05, 0) is 36.2 Å². The van der Waals surface area contributed by atoms with Gasteiger partial charge in [-0.3, -0.25) is 9.79 Å². The molecular formula is C22H23N3O3S. The van der Waals surface area contributed by atoms with E-state index >= 15 is 0 Å².